The highest BCUT2D eigenvalue weighted by Crippen LogP contribution is 2.29. The summed E-state index contributed by atoms with van der Waals surface area (Å²) >= 11 is 0.947. The number of hydrogen-bond acceptors (Lipinski definition) is 11. The van der Waals surface area contributed by atoms with Crippen LogP contribution in [0, 0.1) is 0 Å². The molecule has 3 rings (SSSR count). The lowest BCUT2D eigenvalue weighted by Crippen LogP contribution is -2.39. The number of pyridine rings is 1. The van der Waals surface area contributed by atoms with Crippen molar-refractivity contribution in [2.45, 2.75) is 65.2 Å². The van der Waals surface area contributed by atoms with E-state index in [-0.39, 0.29) is 28.0 Å². The molecule has 0 fully saturated rings. The van der Waals surface area contributed by atoms with Crippen LogP contribution in [0.5, 0.6) is 5.75 Å². The van der Waals surface area contributed by atoms with E-state index in [1.807, 2.05) is 0 Å². The Kier molecular flexibility index (Phi) is 7.77. The van der Waals surface area contributed by atoms with E-state index in [4.69, 9.17) is 9.47 Å². The summed E-state index contributed by atoms with van der Waals surface area (Å²) in [7, 11) is 0. The van der Waals surface area contributed by atoms with Gasteiger partial charge in [-0.15, -0.1) is 10.2 Å². The Bertz CT molecular complexity index is 1280. The van der Waals surface area contributed by atoms with E-state index in [0.29, 0.717) is 10.9 Å². The minimum atomic E-state index is -1.09. The molecule has 2 aromatic heterocycles. The summed E-state index contributed by atoms with van der Waals surface area (Å²) in [5, 5.41) is 24.7. The summed E-state index contributed by atoms with van der Waals surface area (Å²) in [4.78, 5) is 42.0. The van der Waals surface area contributed by atoms with Crippen molar-refractivity contribution in [3.8, 4) is 5.75 Å². The zero-order valence-corrected chi connectivity index (χ0v) is 21.7. The van der Waals surface area contributed by atoms with Gasteiger partial charge in [0.25, 0.3) is 5.91 Å². The maximum absolute atomic E-state index is 12.7. The maximum atomic E-state index is 12.7. The van der Waals surface area contributed by atoms with E-state index in [1.54, 1.807) is 59.7 Å². The molecule has 11 nitrogen and oxygen atoms in total. The van der Waals surface area contributed by atoms with Gasteiger partial charge >= 0.3 is 11.9 Å². The van der Waals surface area contributed by atoms with Crippen LogP contribution in [-0.2, 0) is 19.1 Å². The Labute approximate surface area is 212 Å². The highest BCUT2D eigenvalue weighted by molar-refractivity contribution is 7.19. The van der Waals surface area contributed by atoms with Gasteiger partial charge in [-0.25, -0.2) is 4.79 Å². The third-order valence-corrected chi connectivity index (χ3v) is 5.19. The van der Waals surface area contributed by atoms with Crippen molar-refractivity contribution in [3.05, 3.63) is 36.0 Å². The number of ether oxygens (including phenoxy) is 2. The molecule has 1 aromatic carbocycles. The lowest BCUT2D eigenvalue weighted by Gasteiger charge is -2.25. The first-order valence-electron chi connectivity index (χ1n) is 11.1. The number of fused-ring (bicyclic) bond motifs is 1. The van der Waals surface area contributed by atoms with Gasteiger partial charge in [0.05, 0.1) is 12.0 Å². The minimum Gasteiger partial charge on any atom is -0.505 e. The Morgan fingerprint density at radius 1 is 1.00 bits per heavy atom. The first-order chi connectivity index (χ1) is 16.7. The SMILES string of the molecule is CC(C)(C)OC(=O)C[C@H](Nc1nnc(NC(=O)c2ccc3cccnc3c2O)s1)C(=O)OC(C)(C)C. The first-order valence-corrected chi connectivity index (χ1v) is 12.0. The van der Waals surface area contributed by atoms with Crippen LogP contribution in [-0.4, -0.2) is 55.4 Å². The molecule has 0 saturated heterocycles. The van der Waals surface area contributed by atoms with Crippen molar-refractivity contribution in [2.24, 2.45) is 0 Å². The number of benzene rings is 1. The van der Waals surface area contributed by atoms with Gasteiger partial charge in [-0.05, 0) is 53.7 Å². The van der Waals surface area contributed by atoms with Crippen molar-refractivity contribution in [1.82, 2.24) is 15.2 Å². The van der Waals surface area contributed by atoms with Crippen LogP contribution >= 0.6 is 11.3 Å². The zero-order valence-electron chi connectivity index (χ0n) is 20.9. The van der Waals surface area contributed by atoms with Crippen LogP contribution in [0.25, 0.3) is 10.9 Å². The number of phenols is 1. The molecule has 1 amide bonds. The standard InChI is InChI=1S/C24H29N5O6S/c1-23(2,3)34-16(30)12-15(20(33)35-24(4,5)6)26-21-28-29-22(36-21)27-19(32)14-10-9-13-8-7-11-25-17(13)18(14)31/h7-11,15,31H,12H2,1-6H3,(H,26,28)(H,27,29,32)/t15-/m0/s1. The number of phenolic OH excluding ortho intramolecular Hbond substituents is 1. The average molecular weight is 516 g/mol. The van der Waals surface area contributed by atoms with E-state index >= 15 is 0 Å². The number of anilines is 2. The molecule has 12 heteroatoms. The topological polar surface area (TPSA) is 153 Å². The normalized spacial score (nSPS) is 12.6. The van der Waals surface area contributed by atoms with Gasteiger partial charge in [0.1, 0.15) is 22.8 Å². The second kappa shape index (κ2) is 10.4. The number of carbonyl (C=O) groups excluding carboxylic acids is 3. The maximum Gasteiger partial charge on any atom is 0.329 e. The molecule has 2 heterocycles. The summed E-state index contributed by atoms with van der Waals surface area (Å²) in [6, 6.07) is 5.56. The second-order valence-electron chi connectivity index (χ2n) is 9.92. The molecule has 192 valence electrons. The van der Waals surface area contributed by atoms with Crippen molar-refractivity contribution in [3.63, 3.8) is 0 Å². The Morgan fingerprint density at radius 3 is 2.33 bits per heavy atom. The van der Waals surface area contributed by atoms with Crippen LogP contribution in [0.1, 0.15) is 58.3 Å². The summed E-state index contributed by atoms with van der Waals surface area (Å²) in [5.74, 6) is -2.12. The monoisotopic (exact) mass is 515 g/mol. The molecule has 0 aliphatic carbocycles. The van der Waals surface area contributed by atoms with E-state index in [0.717, 1.165) is 11.3 Å². The van der Waals surface area contributed by atoms with Gasteiger partial charge in [-0.3, -0.25) is 19.9 Å². The fourth-order valence-corrected chi connectivity index (χ4v) is 3.77. The number of nitrogens with one attached hydrogen (secondary N) is 2. The third-order valence-electron chi connectivity index (χ3n) is 4.42. The van der Waals surface area contributed by atoms with E-state index in [2.05, 4.69) is 25.8 Å². The number of aromatic hydroxyl groups is 1. The Balaban J connectivity index is 1.74. The van der Waals surface area contributed by atoms with Crippen LogP contribution < -0.4 is 10.6 Å². The molecule has 36 heavy (non-hydrogen) atoms. The fraction of sp³-hybridized carbons (Fsp3) is 0.417. The molecule has 3 aromatic rings. The predicted molar refractivity (Wildman–Crippen MR) is 135 cm³/mol. The molecule has 0 saturated carbocycles. The fourth-order valence-electron chi connectivity index (χ4n) is 3.07. The lowest BCUT2D eigenvalue weighted by molar-refractivity contribution is -0.163. The number of nitrogens with zero attached hydrogens (tertiary/aromatic N) is 3. The van der Waals surface area contributed by atoms with Crippen molar-refractivity contribution < 1.29 is 29.0 Å². The van der Waals surface area contributed by atoms with Crippen LogP contribution in [0.15, 0.2) is 30.5 Å². The molecule has 0 unspecified atom stereocenters. The predicted octanol–water partition coefficient (Wildman–Crippen LogP) is 3.90. The van der Waals surface area contributed by atoms with E-state index < -0.39 is 35.1 Å². The average Bonchev–Trinajstić information content (AvgIpc) is 3.17. The van der Waals surface area contributed by atoms with Crippen LogP contribution in [0.2, 0.25) is 0 Å². The van der Waals surface area contributed by atoms with E-state index in [1.165, 1.54) is 12.3 Å². The molecule has 0 bridgehead atoms. The Hall–Kier alpha value is -3.80. The number of amides is 1. The van der Waals surface area contributed by atoms with Crippen LogP contribution in [0.4, 0.5) is 10.3 Å². The third kappa shape index (κ3) is 7.35. The van der Waals surface area contributed by atoms with Gasteiger partial charge in [0.15, 0.2) is 5.75 Å². The highest BCUT2D eigenvalue weighted by atomic mass is 32.1. The highest BCUT2D eigenvalue weighted by Gasteiger charge is 2.30. The van der Waals surface area contributed by atoms with Gasteiger partial charge in [-0.2, -0.15) is 0 Å². The quantitative estimate of drug-likeness (QED) is 0.395. The smallest absolute Gasteiger partial charge is 0.329 e. The molecule has 0 radical (unpaired) electrons. The van der Waals surface area contributed by atoms with Gasteiger partial charge in [0, 0.05) is 11.6 Å². The van der Waals surface area contributed by atoms with Gasteiger partial charge < -0.3 is 19.9 Å². The number of carbonyl (C=O) groups is 3. The summed E-state index contributed by atoms with van der Waals surface area (Å²) in [6.45, 7) is 10.3. The summed E-state index contributed by atoms with van der Waals surface area (Å²) in [6.07, 6.45) is 1.22. The molecule has 3 N–H and O–H groups in total. The van der Waals surface area contributed by atoms with Crippen molar-refractivity contribution in [2.75, 3.05) is 10.6 Å². The minimum absolute atomic E-state index is 0.0162. The van der Waals surface area contributed by atoms with Crippen molar-refractivity contribution in [1.29, 1.82) is 0 Å². The largest absolute Gasteiger partial charge is 0.505 e. The zero-order chi connectivity index (χ0) is 26.7. The van der Waals surface area contributed by atoms with Gasteiger partial charge in [0.2, 0.25) is 10.3 Å². The number of esters is 2. The molecule has 0 spiro atoms. The number of rotatable bonds is 7. The lowest BCUT2D eigenvalue weighted by atomic mass is 10.1. The van der Waals surface area contributed by atoms with Gasteiger partial charge in [-0.1, -0.05) is 23.5 Å². The molecule has 0 aliphatic rings. The Morgan fingerprint density at radius 2 is 1.67 bits per heavy atom. The van der Waals surface area contributed by atoms with E-state index in [9.17, 15) is 19.5 Å². The molecular weight excluding hydrogens is 486 g/mol. The van der Waals surface area contributed by atoms with Crippen LogP contribution in [0.3, 0.4) is 0 Å². The van der Waals surface area contributed by atoms with Crippen molar-refractivity contribution >= 4 is 50.3 Å². The second-order valence-corrected chi connectivity index (χ2v) is 10.9. The number of aromatic nitrogens is 3. The molecule has 0 aliphatic heterocycles. The first kappa shape index (κ1) is 26.8. The number of hydrogen-bond donors (Lipinski definition) is 3. The molecule has 1 atom stereocenters. The molecular formula is C24H29N5O6S. The summed E-state index contributed by atoms with van der Waals surface area (Å²) < 4.78 is 10.8. The summed E-state index contributed by atoms with van der Waals surface area (Å²) in [5.41, 5.74) is -1.18.